The van der Waals surface area contributed by atoms with Gasteiger partial charge in [0.15, 0.2) is 0 Å². The van der Waals surface area contributed by atoms with Gasteiger partial charge in [0.05, 0.1) is 18.6 Å². The molecule has 1 rings (SSSR count). The molecule has 0 radical (unpaired) electrons. The van der Waals surface area contributed by atoms with Crippen LogP contribution in [-0.4, -0.2) is 22.1 Å². The van der Waals surface area contributed by atoms with Crippen molar-refractivity contribution in [3.63, 3.8) is 0 Å². The van der Waals surface area contributed by atoms with Crippen LogP contribution in [0.3, 0.4) is 0 Å². The Kier molecular flexibility index (Phi) is 3.91. The molecule has 0 atom stereocenters. The van der Waals surface area contributed by atoms with Crippen molar-refractivity contribution in [1.29, 1.82) is 0 Å². The number of imidazole rings is 1. The Bertz CT molecular complexity index is 329. The molecule has 0 N–H and O–H groups in total. The summed E-state index contributed by atoms with van der Waals surface area (Å²) in [5.41, 5.74) is 0.764. The molecule has 0 saturated heterocycles. The maximum Gasteiger partial charge on any atom is 0.330 e. The lowest BCUT2D eigenvalue weighted by molar-refractivity contribution is -0.137. The average molecular weight is 194 g/mol. The zero-order valence-corrected chi connectivity index (χ0v) is 8.43. The number of nitrogens with zero attached hydrogens (tertiary/aromatic N) is 2. The van der Waals surface area contributed by atoms with Crippen LogP contribution in [0, 0.1) is 0 Å². The van der Waals surface area contributed by atoms with Gasteiger partial charge in [-0.1, -0.05) is 0 Å². The van der Waals surface area contributed by atoms with E-state index in [1.165, 1.54) is 6.08 Å². The van der Waals surface area contributed by atoms with Gasteiger partial charge in [-0.25, -0.2) is 9.78 Å². The molecule has 0 aliphatic heterocycles. The van der Waals surface area contributed by atoms with Crippen molar-refractivity contribution in [2.75, 3.05) is 6.61 Å². The number of hydrogen-bond donors (Lipinski definition) is 0. The predicted molar refractivity (Wildman–Crippen MR) is 53.6 cm³/mol. The van der Waals surface area contributed by atoms with Crippen molar-refractivity contribution in [1.82, 2.24) is 9.55 Å². The molecule has 4 heteroatoms. The summed E-state index contributed by atoms with van der Waals surface area (Å²) in [5, 5.41) is 0. The Morgan fingerprint density at radius 3 is 3.00 bits per heavy atom. The standard InChI is InChI=1S/C10H14N2O2/c1-3-12-7-9(11-8-12)5-6-10(13)14-4-2/h5-8H,3-4H2,1-2H3/b6-5+. The minimum absolute atomic E-state index is 0.335. The first-order chi connectivity index (χ1) is 6.76. The van der Waals surface area contributed by atoms with Crippen LogP contribution in [0.15, 0.2) is 18.6 Å². The van der Waals surface area contributed by atoms with Crippen molar-refractivity contribution in [2.45, 2.75) is 20.4 Å². The number of carbonyl (C=O) groups excluding carboxylic acids is 1. The third kappa shape index (κ3) is 3.05. The lowest BCUT2D eigenvalue weighted by Gasteiger charge is -1.93. The van der Waals surface area contributed by atoms with Crippen LogP contribution in [-0.2, 0) is 16.1 Å². The summed E-state index contributed by atoms with van der Waals surface area (Å²) in [6.45, 7) is 5.07. The SMILES string of the molecule is CCOC(=O)/C=C/c1cn(CC)cn1. The fraction of sp³-hybridized carbons (Fsp3) is 0.400. The highest BCUT2D eigenvalue weighted by atomic mass is 16.5. The van der Waals surface area contributed by atoms with Gasteiger partial charge < -0.3 is 9.30 Å². The molecule has 0 aromatic carbocycles. The summed E-state index contributed by atoms with van der Waals surface area (Å²) < 4.78 is 6.67. The van der Waals surface area contributed by atoms with Crippen molar-refractivity contribution < 1.29 is 9.53 Å². The second-order valence-electron chi connectivity index (χ2n) is 2.71. The summed E-state index contributed by atoms with van der Waals surface area (Å²) in [6.07, 6.45) is 6.62. The van der Waals surface area contributed by atoms with Gasteiger partial charge >= 0.3 is 5.97 Å². The van der Waals surface area contributed by atoms with Gasteiger partial charge in [-0.15, -0.1) is 0 Å². The molecule has 0 aliphatic rings. The first kappa shape index (κ1) is 10.5. The van der Waals surface area contributed by atoms with Gasteiger partial charge in [0.1, 0.15) is 0 Å². The molecular formula is C10H14N2O2. The normalized spacial score (nSPS) is 10.7. The molecule has 0 saturated carbocycles. The number of ether oxygens (including phenoxy) is 1. The van der Waals surface area contributed by atoms with Crippen molar-refractivity contribution in [3.8, 4) is 0 Å². The van der Waals surface area contributed by atoms with E-state index in [1.54, 1.807) is 19.3 Å². The molecule has 1 heterocycles. The van der Waals surface area contributed by atoms with Crippen LogP contribution in [0.1, 0.15) is 19.5 Å². The van der Waals surface area contributed by atoms with Crippen LogP contribution < -0.4 is 0 Å². The molecule has 0 fully saturated rings. The van der Waals surface area contributed by atoms with E-state index in [-0.39, 0.29) is 5.97 Å². The quantitative estimate of drug-likeness (QED) is 0.538. The largest absolute Gasteiger partial charge is 0.463 e. The fourth-order valence-corrected chi connectivity index (χ4v) is 0.980. The van der Waals surface area contributed by atoms with E-state index in [4.69, 9.17) is 4.74 Å². The van der Waals surface area contributed by atoms with E-state index in [0.29, 0.717) is 6.61 Å². The topological polar surface area (TPSA) is 44.1 Å². The van der Waals surface area contributed by atoms with E-state index in [0.717, 1.165) is 12.2 Å². The average Bonchev–Trinajstić information content (AvgIpc) is 2.63. The van der Waals surface area contributed by atoms with Crippen molar-refractivity contribution >= 4 is 12.0 Å². The molecule has 4 nitrogen and oxygen atoms in total. The highest BCUT2D eigenvalue weighted by Gasteiger charge is 1.96. The number of hydrogen-bond acceptors (Lipinski definition) is 3. The summed E-state index contributed by atoms with van der Waals surface area (Å²) >= 11 is 0. The Balaban J connectivity index is 2.55. The maximum absolute atomic E-state index is 10.9. The van der Waals surface area contributed by atoms with Gasteiger partial charge in [0, 0.05) is 18.8 Å². The first-order valence-electron chi connectivity index (χ1n) is 4.62. The zero-order valence-electron chi connectivity index (χ0n) is 8.43. The number of aryl methyl sites for hydroxylation is 1. The van der Waals surface area contributed by atoms with Gasteiger partial charge in [-0.05, 0) is 19.9 Å². The minimum Gasteiger partial charge on any atom is -0.463 e. The third-order valence-corrected chi connectivity index (χ3v) is 1.70. The smallest absolute Gasteiger partial charge is 0.330 e. The Morgan fingerprint density at radius 1 is 1.64 bits per heavy atom. The van der Waals surface area contributed by atoms with Crippen LogP contribution in [0.2, 0.25) is 0 Å². The van der Waals surface area contributed by atoms with Crippen LogP contribution >= 0.6 is 0 Å². The second-order valence-corrected chi connectivity index (χ2v) is 2.71. The van der Waals surface area contributed by atoms with Gasteiger partial charge in [-0.2, -0.15) is 0 Å². The lowest BCUT2D eigenvalue weighted by atomic mass is 10.4. The molecule has 0 unspecified atom stereocenters. The first-order valence-corrected chi connectivity index (χ1v) is 4.62. The molecular weight excluding hydrogens is 180 g/mol. The van der Waals surface area contributed by atoms with E-state index < -0.39 is 0 Å². The lowest BCUT2D eigenvalue weighted by Crippen LogP contribution is -1.98. The molecule has 0 amide bonds. The molecule has 0 aliphatic carbocycles. The molecule has 14 heavy (non-hydrogen) atoms. The van der Waals surface area contributed by atoms with Crippen molar-refractivity contribution in [3.05, 3.63) is 24.3 Å². The van der Waals surface area contributed by atoms with Crippen LogP contribution in [0.5, 0.6) is 0 Å². The zero-order chi connectivity index (χ0) is 10.4. The molecule has 0 bridgehead atoms. The van der Waals surface area contributed by atoms with E-state index >= 15 is 0 Å². The summed E-state index contributed by atoms with van der Waals surface area (Å²) in [4.78, 5) is 15.0. The van der Waals surface area contributed by atoms with Crippen LogP contribution in [0.25, 0.3) is 6.08 Å². The van der Waals surface area contributed by atoms with Gasteiger partial charge in [-0.3, -0.25) is 0 Å². The molecule has 1 aromatic rings. The van der Waals surface area contributed by atoms with Crippen LogP contribution in [0.4, 0.5) is 0 Å². The van der Waals surface area contributed by atoms with E-state index in [9.17, 15) is 4.79 Å². The predicted octanol–water partition coefficient (Wildman–Crippen LogP) is 1.48. The number of rotatable bonds is 4. The van der Waals surface area contributed by atoms with Crippen molar-refractivity contribution in [2.24, 2.45) is 0 Å². The summed E-state index contributed by atoms with van der Waals surface area (Å²) in [7, 11) is 0. The van der Waals surface area contributed by atoms with E-state index in [2.05, 4.69) is 4.98 Å². The highest BCUT2D eigenvalue weighted by molar-refractivity contribution is 5.86. The minimum atomic E-state index is -0.335. The highest BCUT2D eigenvalue weighted by Crippen LogP contribution is 1.99. The number of carbonyl (C=O) groups is 1. The maximum atomic E-state index is 10.9. The van der Waals surface area contributed by atoms with Gasteiger partial charge in [0.25, 0.3) is 0 Å². The Hall–Kier alpha value is -1.58. The summed E-state index contributed by atoms with van der Waals surface area (Å²) in [6, 6.07) is 0. The monoisotopic (exact) mass is 194 g/mol. The Morgan fingerprint density at radius 2 is 2.43 bits per heavy atom. The summed E-state index contributed by atoms with van der Waals surface area (Å²) in [5.74, 6) is -0.335. The second kappa shape index (κ2) is 5.21. The molecule has 76 valence electrons. The molecule has 0 spiro atoms. The number of aromatic nitrogens is 2. The fourth-order valence-electron chi connectivity index (χ4n) is 0.980. The van der Waals surface area contributed by atoms with Gasteiger partial charge in [0.2, 0.25) is 0 Å². The molecule has 1 aromatic heterocycles. The third-order valence-electron chi connectivity index (χ3n) is 1.70. The number of esters is 1. The van der Waals surface area contributed by atoms with E-state index in [1.807, 2.05) is 17.7 Å². The Labute approximate surface area is 83.2 Å².